The van der Waals surface area contributed by atoms with Crippen LogP contribution in [0.2, 0.25) is 0 Å². The highest BCUT2D eigenvalue weighted by Crippen LogP contribution is 2.33. The topological polar surface area (TPSA) is 74.4 Å². The number of esters is 1. The molecule has 0 aromatic carbocycles. The van der Waals surface area contributed by atoms with Crippen molar-refractivity contribution in [2.45, 2.75) is 38.5 Å². The minimum absolute atomic E-state index is 0.180. The lowest BCUT2D eigenvalue weighted by molar-refractivity contribution is -0.144. The molecule has 0 spiro atoms. The Balaban J connectivity index is 1.74. The molecule has 3 fully saturated rings. The van der Waals surface area contributed by atoms with Crippen LogP contribution in [0.5, 0.6) is 0 Å². The number of nitrogens with one attached hydrogen (secondary N) is 1. The van der Waals surface area contributed by atoms with Crippen LogP contribution in [0.4, 0.5) is 4.79 Å². The van der Waals surface area contributed by atoms with Crippen molar-refractivity contribution < 1.29 is 19.1 Å². The summed E-state index contributed by atoms with van der Waals surface area (Å²) >= 11 is 0. The van der Waals surface area contributed by atoms with Crippen molar-refractivity contribution >= 4 is 12.1 Å². The van der Waals surface area contributed by atoms with E-state index in [-0.39, 0.29) is 24.3 Å². The Kier molecular flexibility index (Phi) is 6.94. The first-order valence-electron chi connectivity index (χ1n) is 10.2. The fourth-order valence-corrected chi connectivity index (χ4v) is 4.90. The number of hydrogen-bond acceptors (Lipinski definition) is 7. The van der Waals surface area contributed by atoms with Crippen molar-refractivity contribution in [3.05, 3.63) is 0 Å². The summed E-state index contributed by atoms with van der Waals surface area (Å²) in [6.45, 7) is 7.74. The first-order chi connectivity index (χ1) is 13.0. The molecule has 3 saturated heterocycles. The van der Waals surface area contributed by atoms with Gasteiger partial charge in [-0.3, -0.25) is 14.6 Å². The van der Waals surface area contributed by atoms with Crippen molar-refractivity contribution in [3.63, 3.8) is 0 Å². The van der Waals surface area contributed by atoms with Crippen molar-refractivity contribution in [1.29, 1.82) is 0 Å². The molecule has 8 nitrogen and oxygen atoms in total. The number of hydrogen-bond donors (Lipinski definition) is 1. The predicted molar refractivity (Wildman–Crippen MR) is 101 cm³/mol. The van der Waals surface area contributed by atoms with E-state index in [4.69, 9.17) is 9.47 Å². The van der Waals surface area contributed by atoms with Crippen molar-refractivity contribution in [2.75, 3.05) is 60.0 Å². The van der Waals surface area contributed by atoms with E-state index in [9.17, 15) is 9.59 Å². The summed E-state index contributed by atoms with van der Waals surface area (Å²) in [7, 11) is 3.22. The molecular formula is C19H34N4O4. The number of carbonyl (C=O) groups is 2. The second kappa shape index (κ2) is 9.21. The third-order valence-electron chi connectivity index (χ3n) is 6.47. The summed E-state index contributed by atoms with van der Waals surface area (Å²) in [6, 6.07) is 0.274. The van der Waals surface area contributed by atoms with Crippen LogP contribution in [-0.2, 0) is 14.3 Å². The SMILES string of the molecule is CCC(C1CCNCC1)C1CN(C2CN(C)C(=O)O2)CCN1CC(=O)OC. The van der Waals surface area contributed by atoms with Gasteiger partial charge in [0, 0.05) is 32.7 Å². The number of likely N-dealkylation sites (N-methyl/N-ethyl adjacent to an activating group) is 1. The second-order valence-corrected chi connectivity index (χ2v) is 7.99. The normalized spacial score (nSPS) is 29.6. The van der Waals surface area contributed by atoms with E-state index in [1.165, 1.54) is 20.0 Å². The monoisotopic (exact) mass is 382 g/mol. The van der Waals surface area contributed by atoms with Crippen LogP contribution in [0.25, 0.3) is 0 Å². The van der Waals surface area contributed by atoms with Crippen molar-refractivity contribution in [2.24, 2.45) is 11.8 Å². The van der Waals surface area contributed by atoms with E-state index in [0.29, 0.717) is 24.9 Å². The second-order valence-electron chi connectivity index (χ2n) is 7.99. The highest BCUT2D eigenvalue weighted by atomic mass is 16.6. The van der Waals surface area contributed by atoms with Gasteiger partial charge in [0.05, 0.1) is 20.2 Å². The Morgan fingerprint density at radius 1 is 1.30 bits per heavy atom. The number of carbonyl (C=O) groups excluding carboxylic acids is 2. The molecule has 3 aliphatic rings. The summed E-state index contributed by atoms with van der Waals surface area (Å²) in [6.07, 6.45) is 3.02. The quantitative estimate of drug-likeness (QED) is 0.674. The van der Waals surface area contributed by atoms with E-state index in [1.807, 2.05) is 0 Å². The molecule has 0 bridgehead atoms. The lowest BCUT2D eigenvalue weighted by atomic mass is 9.77. The highest BCUT2D eigenvalue weighted by Gasteiger charge is 2.41. The van der Waals surface area contributed by atoms with Crippen LogP contribution in [0.15, 0.2) is 0 Å². The van der Waals surface area contributed by atoms with Gasteiger partial charge in [-0.1, -0.05) is 13.3 Å². The van der Waals surface area contributed by atoms with Gasteiger partial charge < -0.3 is 19.7 Å². The average Bonchev–Trinajstić information content (AvgIpc) is 3.03. The maximum Gasteiger partial charge on any atom is 0.411 e. The lowest BCUT2D eigenvalue weighted by Crippen LogP contribution is -2.60. The smallest absolute Gasteiger partial charge is 0.411 e. The maximum atomic E-state index is 12.0. The van der Waals surface area contributed by atoms with Gasteiger partial charge in [0.1, 0.15) is 0 Å². The van der Waals surface area contributed by atoms with Crippen molar-refractivity contribution in [3.8, 4) is 0 Å². The molecule has 3 aliphatic heterocycles. The number of methoxy groups -OCH3 is 1. The fraction of sp³-hybridized carbons (Fsp3) is 0.895. The van der Waals surface area contributed by atoms with E-state index in [2.05, 4.69) is 22.0 Å². The summed E-state index contributed by atoms with van der Waals surface area (Å²) in [5.74, 6) is 1.00. The third kappa shape index (κ3) is 4.73. The molecule has 154 valence electrons. The zero-order valence-electron chi connectivity index (χ0n) is 16.9. The molecule has 0 aromatic rings. The fourth-order valence-electron chi connectivity index (χ4n) is 4.90. The molecule has 27 heavy (non-hydrogen) atoms. The van der Waals surface area contributed by atoms with Gasteiger partial charge in [0.25, 0.3) is 0 Å². The largest absolute Gasteiger partial charge is 0.468 e. The van der Waals surface area contributed by atoms with Crippen LogP contribution >= 0.6 is 0 Å². The molecule has 0 radical (unpaired) electrons. The molecule has 3 atom stereocenters. The molecule has 1 amide bonds. The van der Waals surface area contributed by atoms with E-state index in [0.717, 1.165) is 39.1 Å². The van der Waals surface area contributed by atoms with E-state index < -0.39 is 0 Å². The highest BCUT2D eigenvalue weighted by molar-refractivity contribution is 5.71. The van der Waals surface area contributed by atoms with Gasteiger partial charge in [0.15, 0.2) is 6.23 Å². The maximum absolute atomic E-state index is 12.0. The number of nitrogens with zero attached hydrogens (tertiary/aromatic N) is 3. The van der Waals surface area contributed by atoms with Crippen LogP contribution in [-0.4, -0.2) is 99.0 Å². The van der Waals surface area contributed by atoms with Crippen LogP contribution < -0.4 is 5.32 Å². The zero-order valence-corrected chi connectivity index (χ0v) is 16.9. The van der Waals surface area contributed by atoms with Gasteiger partial charge in [-0.15, -0.1) is 0 Å². The van der Waals surface area contributed by atoms with Crippen LogP contribution in [0.1, 0.15) is 26.2 Å². The first kappa shape index (κ1) is 20.4. The third-order valence-corrected chi connectivity index (χ3v) is 6.47. The summed E-state index contributed by atoms with van der Waals surface area (Å²) in [4.78, 5) is 30.0. The Labute approximate surface area is 162 Å². The van der Waals surface area contributed by atoms with Gasteiger partial charge in [-0.2, -0.15) is 0 Å². The summed E-state index contributed by atoms with van der Waals surface area (Å²) in [5.41, 5.74) is 0. The van der Waals surface area contributed by atoms with E-state index in [1.54, 1.807) is 11.9 Å². The number of ether oxygens (including phenoxy) is 2. The Bertz CT molecular complexity index is 526. The van der Waals surface area contributed by atoms with Crippen LogP contribution in [0, 0.1) is 11.8 Å². The number of cyclic esters (lactones) is 1. The standard InChI is InChI=1S/C19H34N4O4/c1-4-15(14-5-7-20-8-6-14)16-11-23(17-12-21(2)19(25)27-17)10-9-22(16)13-18(24)26-3/h14-17,20H,4-13H2,1-3H3. The Hall–Kier alpha value is -1.38. The molecule has 3 unspecified atom stereocenters. The molecule has 3 rings (SSSR count). The molecule has 0 saturated carbocycles. The number of rotatable bonds is 6. The summed E-state index contributed by atoms with van der Waals surface area (Å²) < 4.78 is 10.5. The first-order valence-corrected chi connectivity index (χ1v) is 10.2. The zero-order chi connectivity index (χ0) is 19.4. The average molecular weight is 383 g/mol. The Morgan fingerprint density at radius 3 is 2.63 bits per heavy atom. The summed E-state index contributed by atoms with van der Waals surface area (Å²) in [5, 5.41) is 3.45. The van der Waals surface area contributed by atoms with E-state index >= 15 is 0 Å². The number of piperidine rings is 1. The lowest BCUT2D eigenvalue weighted by Gasteiger charge is -2.47. The molecule has 8 heteroatoms. The number of amides is 1. The van der Waals surface area contributed by atoms with Gasteiger partial charge >= 0.3 is 12.1 Å². The minimum Gasteiger partial charge on any atom is -0.468 e. The Morgan fingerprint density at radius 2 is 2.04 bits per heavy atom. The molecular weight excluding hydrogens is 348 g/mol. The van der Waals surface area contributed by atoms with Gasteiger partial charge in [-0.25, -0.2) is 4.79 Å². The number of piperazine rings is 1. The van der Waals surface area contributed by atoms with Crippen LogP contribution in [0.3, 0.4) is 0 Å². The molecule has 0 aliphatic carbocycles. The van der Waals surface area contributed by atoms with Crippen molar-refractivity contribution in [1.82, 2.24) is 20.0 Å². The van der Waals surface area contributed by atoms with Gasteiger partial charge in [0.2, 0.25) is 0 Å². The molecule has 1 N–H and O–H groups in total. The van der Waals surface area contributed by atoms with Gasteiger partial charge in [-0.05, 0) is 37.8 Å². The molecule has 3 heterocycles. The predicted octanol–water partition coefficient (Wildman–Crippen LogP) is 0.580. The molecule has 0 aromatic heterocycles. The minimum atomic E-state index is -0.251.